The molecule has 13 heavy (non-hydrogen) atoms. The lowest BCUT2D eigenvalue weighted by Crippen LogP contribution is -2.21. The Morgan fingerprint density at radius 2 is 2.23 bits per heavy atom. The number of phenolic OH excluding ortho intramolecular Hbond substituents is 1. The predicted molar refractivity (Wildman–Crippen MR) is 53.3 cm³/mol. The SMILES string of the molecule is COCCN(C)c1cccc(O)c1. The van der Waals surface area contributed by atoms with Gasteiger partial charge in [-0.25, -0.2) is 0 Å². The van der Waals surface area contributed by atoms with Gasteiger partial charge in [-0.05, 0) is 12.1 Å². The molecule has 0 bridgehead atoms. The molecule has 1 aromatic rings. The number of likely N-dealkylation sites (N-methyl/N-ethyl adjacent to an activating group) is 1. The van der Waals surface area contributed by atoms with Crippen LogP contribution < -0.4 is 4.90 Å². The summed E-state index contributed by atoms with van der Waals surface area (Å²) in [6.07, 6.45) is 0. The van der Waals surface area contributed by atoms with Gasteiger partial charge in [-0.1, -0.05) is 6.07 Å². The summed E-state index contributed by atoms with van der Waals surface area (Å²) in [4.78, 5) is 2.03. The van der Waals surface area contributed by atoms with E-state index in [4.69, 9.17) is 4.74 Å². The van der Waals surface area contributed by atoms with Crippen LogP contribution in [0.25, 0.3) is 0 Å². The zero-order chi connectivity index (χ0) is 9.68. The van der Waals surface area contributed by atoms with Crippen LogP contribution in [0.5, 0.6) is 5.75 Å². The van der Waals surface area contributed by atoms with E-state index in [1.165, 1.54) is 0 Å². The van der Waals surface area contributed by atoms with Crippen LogP contribution in [0.2, 0.25) is 0 Å². The quantitative estimate of drug-likeness (QED) is 0.763. The first-order valence-electron chi connectivity index (χ1n) is 4.23. The highest BCUT2D eigenvalue weighted by Crippen LogP contribution is 2.18. The Morgan fingerprint density at radius 3 is 2.85 bits per heavy atom. The molecule has 1 aromatic carbocycles. The molecule has 0 aromatic heterocycles. The number of methoxy groups -OCH3 is 1. The number of nitrogens with zero attached hydrogens (tertiary/aromatic N) is 1. The third-order valence-corrected chi connectivity index (χ3v) is 1.90. The van der Waals surface area contributed by atoms with Crippen molar-refractivity contribution >= 4 is 5.69 Å². The van der Waals surface area contributed by atoms with Gasteiger partial charge < -0.3 is 14.7 Å². The summed E-state index contributed by atoms with van der Waals surface area (Å²) in [7, 11) is 3.64. The van der Waals surface area contributed by atoms with Crippen LogP contribution in [0.4, 0.5) is 5.69 Å². The normalized spacial score (nSPS) is 10.0. The number of rotatable bonds is 4. The van der Waals surface area contributed by atoms with Gasteiger partial charge in [0, 0.05) is 32.5 Å². The largest absolute Gasteiger partial charge is 0.508 e. The van der Waals surface area contributed by atoms with Gasteiger partial charge in [0.1, 0.15) is 5.75 Å². The molecule has 1 rings (SSSR count). The molecule has 0 aliphatic heterocycles. The molecule has 0 aliphatic carbocycles. The zero-order valence-electron chi connectivity index (χ0n) is 8.03. The van der Waals surface area contributed by atoms with Crippen LogP contribution in [0.1, 0.15) is 0 Å². The van der Waals surface area contributed by atoms with Gasteiger partial charge in [-0.2, -0.15) is 0 Å². The molecule has 0 radical (unpaired) electrons. The number of phenols is 1. The van der Waals surface area contributed by atoms with E-state index in [-0.39, 0.29) is 0 Å². The highest BCUT2D eigenvalue weighted by atomic mass is 16.5. The number of benzene rings is 1. The Hall–Kier alpha value is -1.22. The second-order valence-corrected chi connectivity index (χ2v) is 2.93. The molecule has 0 heterocycles. The average molecular weight is 181 g/mol. The summed E-state index contributed by atoms with van der Waals surface area (Å²) in [5, 5.41) is 9.23. The second kappa shape index (κ2) is 4.72. The van der Waals surface area contributed by atoms with Crippen molar-refractivity contribution in [3.63, 3.8) is 0 Å². The Labute approximate surface area is 78.6 Å². The van der Waals surface area contributed by atoms with Crippen molar-refractivity contribution in [3.05, 3.63) is 24.3 Å². The Kier molecular flexibility index (Phi) is 3.58. The number of hydrogen-bond acceptors (Lipinski definition) is 3. The fraction of sp³-hybridized carbons (Fsp3) is 0.400. The van der Waals surface area contributed by atoms with Gasteiger partial charge in [0.05, 0.1) is 6.61 Å². The summed E-state index contributed by atoms with van der Waals surface area (Å²) in [5.41, 5.74) is 0.997. The molecule has 0 saturated heterocycles. The van der Waals surface area contributed by atoms with E-state index < -0.39 is 0 Å². The number of anilines is 1. The lowest BCUT2D eigenvalue weighted by molar-refractivity contribution is 0.206. The Morgan fingerprint density at radius 1 is 1.46 bits per heavy atom. The Balaban J connectivity index is 2.60. The van der Waals surface area contributed by atoms with Crippen LogP contribution in [0.15, 0.2) is 24.3 Å². The average Bonchev–Trinajstić information content (AvgIpc) is 2.14. The van der Waals surface area contributed by atoms with Crippen LogP contribution in [-0.4, -0.2) is 32.4 Å². The fourth-order valence-electron chi connectivity index (χ4n) is 1.09. The fourth-order valence-corrected chi connectivity index (χ4v) is 1.09. The molecule has 1 N–H and O–H groups in total. The van der Waals surface area contributed by atoms with Crippen LogP contribution >= 0.6 is 0 Å². The maximum atomic E-state index is 9.23. The minimum absolute atomic E-state index is 0.293. The van der Waals surface area contributed by atoms with Crippen molar-refractivity contribution in [2.45, 2.75) is 0 Å². The second-order valence-electron chi connectivity index (χ2n) is 2.93. The predicted octanol–water partition coefficient (Wildman–Crippen LogP) is 1.47. The first-order chi connectivity index (χ1) is 6.24. The van der Waals surface area contributed by atoms with E-state index in [2.05, 4.69) is 0 Å². The van der Waals surface area contributed by atoms with Crippen molar-refractivity contribution in [2.75, 3.05) is 32.2 Å². The minimum Gasteiger partial charge on any atom is -0.508 e. The maximum Gasteiger partial charge on any atom is 0.117 e. The van der Waals surface area contributed by atoms with Gasteiger partial charge in [-0.3, -0.25) is 0 Å². The lowest BCUT2D eigenvalue weighted by Gasteiger charge is -2.18. The van der Waals surface area contributed by atoms with Crippen molar-refractivity contribution in [2.24, 2.45) is 0 Å². The van der Waals surface area contributed by atoms with Gasteiger partial charge >= 0.3 is 0 Å². The van der Waals surface area contributed by atoms with Crippen molar-refractivity contribution in [3.8, 4) is 5.75 Å². The first kappa shape index (κ1) is 9.86. The molecule has 0 unspecified atom stereocenters. The van der Waals surface area contributed by atoms with E-state index in [0.29, 0.717) is 12.4 Å². The van der Waals surface area contributed by atoms with E-state index in [1.807, 2.05) is 24.1 Å². The molecular weight excluding hydrogens is 166 g/mol. The summed E-state index contributed by atoms with van der Waals surface area (Å²) in [6.45, 7) is 1.51. The smallest absolute Gasteiger partial charge is 0.117 e. The monoisotopic (exact) mass is 181 g/mol. The first-order valence-corrected chi connectivity index (χ1v) is 4.23. The zero-order valence-corrected chi connectivity index (χ0v) is 8.03. The molecule has 0 saturated carbocycles. The molecule has 3 nitrogen and oxygen atoms in total. The van der Waals surface area contributed by atoms with E-state index >= 15 is 0 Å². The molecule has 0 amide bonds. The highest BCUT2D eigenvalue weighted by molar-refractivity contribution is 5.49. The summed E-state index contributed by atoms with van der Waals surface area (Å²) in [6, 6.07) is 7.17. The standard InChI is InChI=1S/C10H15NO2/c1-11(6-7-13-2)9-4-3-5-10(12)8-9/h3-5,8,12H,6-7H2,1-2H3. The summed E-state index contributed by atoms with van der Waals surface area (Å²) in [5.74, 6) is 0.293. The molecule has 0 spiro atoms. The maximum absolute atomic E-state index is 9.23. The van der Waals surface area contributed by atoms with Crippen molar-refractivity contribution < 1.29 is 9.84 Å². The minimum atomic E-state index is 0.293. The number of aromatic hydroxyl groups is 1. The van der Waals surface area contributed by atoms with Gasteiger partial charge in [0.2, 0.25) is 0 Å². The molecule has 0 fully saturated rings. The molecule has 3 heteroatoms. The van der Waals surface area contributed by atoms with Crippen LogP contribution in [0, 0.1) is 0 Å². The molecular formula is C10H15NO2. The van der Waals surface area contributed by atoms with Gasteiger partial charge in [0.15, 0.2) is 0 Å². The van der Waals surface area contributed by atoms with Crippen molar-refractivity contribution in [1.82, 2.24) is 0 Å². The van der Waals surface area contributed by atoms with E-state index in [0.717, 1.165) is 12.2 Å². The number of hydrogen-bond donors (Lipinski definition) is 1. The third kappa shape index (κ3) is 2.95. The van der Waals surface area contributed by atoms with E-state index in [1.54, 1.807) is 19.2 Å². The Bertz CT molecular complexity index is 263. The highest BCUT2D eigenvalue weighted by Gasteiger charge is 1.99. The molecule has 0 aliphatic rings. The summed E-state index contributed by atoms with van der Waals surface area (Å²) >= 11 is 0. The lowest BCUT2D eigenvalue weighted by atomic mass is 10.3. The van der Waals surface area contributed by atoms with Crippen LogP contribution in [-0.2, 0) is 4.74 Å². The van der Waals surface area contributed by atoms with Gasteiger partial charge in [0.25, 0.3) is 0 Å². The van der Waals surface area contributed by atoms with Gasteiger partial charge in [-0.15, -0.1) is 0 Å². The topological polar surface area (TPSA) is 32.7 Å². The van der Waals surface area contributed by atoms with Crippen molar-refractivity contribution in [1.29, 1.82) is 0 Å². The summed E-state index contributed by atoms with van der Waals surface area (Å²) < 4.78 is 4.96. The number of ether oxygens (including phenoxy) is 1. The third-order valence-electron chi connectivity index (χ3n) is 1.90. The van der Waals surface area contributed by atoms with E-state index in [9.17, 15) is 5.11 Å². The molecule has 72 valence electrons. The molecule has 0 atom stereocenters. The van der Waals surface area contributed by atoms with Crippen LogP contribution in [0.3, 0.4) is 0 Å².